The SMILES string of the molecule is CCCCCCCCC=COC(=O)C(CCCCCC)OS(=O)(=O)O. The quantitative estimate of drug-likeness (QED) is 0.177. The van der Waals surface area contributed by atoms with Crippen LogP contribution in [0.25, 0.3) is 0 Å². The van der Waals surface area contributed by atoms with Crippen LogP contribution >= 0.6 is 0 Å². The second-order valence-electron chi connectivity index (χ2n) is 6.23. The topological polar surface area (TPSA) is 89.9 Å². The van der Waals surface area contributed by atoms with Crippen LogP contribution in [0.15, 0.2) is 12.3 Å². The van der Waals surface area contributed by atoms with Gasteiger partial charge in [-0.05, 0) is 25.3 Å². The first-order valence-electron chi connectivity index (χ1n) is 9.41. The van der Waals surface area contributed by atoms with Crippen LogP contribution in [0, 0.1) is 0 Å². The van der Waals surface area contributed by atoms with Crippen LogP contribution < -0.4 is 0 Å². The second kappa shape index (κ2) is 15.3. The fourth-order valence-electron chi connectivity index (χ4n) is 2.41. The van der Waals surface area contributed by atoms with Gasteiger partial charge in [0.25, 0.3) is 0 Å². The maximum atomic E-state index is 11.9. The van der Waals surface area contributed by atoms with Crippen molar-refractivity contribution in [2.45, 2.75) is 97.0 Å². The molecule has 0 aromatic carbocycles. The van der Waals surface area contributed by atoms with Gasteiger partial charge >= 0.3 is 16.4 Å². The lowest BCUT2D eigenvalue weighted by Crippen LogP contribution is -2.28. The van der Waals surface area contributed by atoms with Crippen LogP contribution in [0.5, 0.6) is 0 Å². The van der Waals surface area contributed by atoms with Crippen molar-refractivity contribution < 1.29 is 26.7 Å². The zero-order chi connectivity index (χ0) is 19.0. The summed E-state index contributed by atoms with van der Waals surface area (Å²) >= 11 is 0. The van der Waals surface area contributed by atoms with Gasteiger partial charge in [-0.2, -0.15) is 8.42 Å². The molecule has 7 heteroatoms. The van der Waals surface area contributed by atoms with Gasteiger partial charge in [-0.25, -0.2) is 8.98 Å². The minimum atomic E-state index is -4.69. The van der Waals surface area contributed by atoms with Gasteiger partial charge in [0.2, 0.25) is 0 Å². The van der Waals surface area contributed by atoms with E-state index in [9.17, 15) is 13.2 Å². The lowest BCUT2D eigenvalue weighted by Gasteiger charge is -2.12. The fourth-order valence-corrected chi connectivity index (χ4v) is 2.88. The molecule has 0 amide bonds. The van der Waals surface area contributed by atoms with Crippen LogP contribution in [0.3, 0.4) is 0 Å². The summed E-state index contributed by atoms with van der Waals surface area (Å²) in [6, 6.07) is 0. The van der Waals surface area contributed by atoms with E-state index < -0.39 is 22.5 Å². The summed E-state index contributed by atoms with van der Waals surface area (Å²) in [5.41, 5.74) is 0. The third-order valence-electron chi connectivity index (χ3n) is 3.83. The third-order valence-corrected chi connectivity index (χ3v) is 4.30. The largest absolute Gasteiger partial charge is 0.433 e. The van der Waals surface area contributed by atoms with Crippen molar-refractivity contribution in [1.82, 2.24) is 0 Å². The van der Waals surface area contributed by atoms with Gasteiger partial charge in [0.15, 0.2) is 6.10 Å². The smallest absolute Gasteiger partial charge is 0.398 e. The Labute approximate surface area is 152 Å². The molecule has 6 nitrogen and oxygen atoms in total. The molecule has 0 bridgehead atoms. The summed E-state index contributed by atoms with van der Waals surface area (Å²) in [5.74, 6) is -0.798. The Hall–Kier alpha value is -0.920. The molecule has 0 radical (unpaired) electrons. The zero-order valence-electron chi connectivity index (χ0n) is 15.6. The van der Waals surface area contributed by atoms with Crippen LogP contribution in [0.4, 0.5) is 0 Å². The summed E-state index contributed by atoms with van der Waals surface area (Å²) in [6.07, 6.45) is 13.4. The number of allylic oxidation sites excluding steroid dienone is 1. The van der Waals surface area contributed by atoms with Crippen molar-refractivity contribution in [3.8, 4) is 0 Å². The highest BCUT2D eigenvalue weighted by Crippen LogP contribution is 2.12. The van der Waals surface area contributed by atoms with Gasteiger partial charge < -0.3 is 4.74 Å². The van der Waals surface area contributed by atoms with Gasteiger partial charge in [0.1, 0.15) is 0 Å². The van der Waals surface area contributed by atoms with E-state index >= 15 is 0 Å². The Morgan fingerprint density at radius 1 is 0.960 bits per heavy atom. The zero-order valence-corrected chi connectivity index (χ0v) is 16.4. The molecule has 1 atom stereocenters. The molecule has 0 rings (SSSR count). The minimum absolute atomic E-state index is 0.198. The van der Waals surface area contributed by atoms with Gasteiger partial charge in [-0.15, -0.1) is 0 Å². The van der Waals surface area contributed by atoms with Gasteiger partial charge in [-0.1, -0.05) is 71.6 Å². The van der Waals surface area contributed by atoms with Crippen LogP contribution in [-0.2, 0) is 24.1 Å². The normalized spacial score (nSPS) is 13.2. The minimum Gasteiger partial charge on any atom is -0.433 e. The van der Waals surface area contributed by atoms with Crippen molar-refractivity contribution in [3.63, 3.8) is 0 Å². The standard InChI is InChI=1S/C18H34O6S/c1-3-5-7-9-10-11-12-14-16-23-18(19)17(24-25(20,21)22)15-13-8-6-4-2/h14,16-17H,3-13,15H2,1-2H3,(H,20,21,22). The summed E-state index contributed by atoms with van der Waals surface area (Å²) in [4.78, 5) is 11.9. The summed E-state index contributed by atoms with van der Waals surface area (Å²) in [7, 11) is -4.69. The number of hydrogen-bond donors (Lipinski definition) is 1. The number of rotatable bonds is 16. The first-order chi connectivity index (χ1) is 11.9. The highest BCUT2D eigenvalue weighted by Gasteiger charge is 2.25. The van der Waals surface area contributed by atoms with E-state index in [2.05, 4.69) is 18.0 Å². The van der Waals surface area contributed by atoms with Crippen LogP contribution in [-0.4, -0.2) is 25.0 Å². The van der Waals surface area contributed by atoms with E-state index in [1.807, 2.05) is 0 Å². The highest BCUT2D eigenvalue weighted by atomic mass is 32.3. The highest BCUT2D eigenvalue weighted by molar-refractivity contribution is 7.80. The molecular weight excluding hydrogens is 344 g/mol. The van der Waals surface area contributed by atoms with E-state index in [1.165, 1.54) is 31.9 Å². The first kappa shape index (κ1) is 24.1. The van der Waals surface area contributed by atoms with Crippen molar-refractivity contribution in [2.75, 3.05) is 0 Å². The van der Waals surface area contributed by atoms with Crippen LogP contribution in [0.1, 0.15) is 90.9 Å². The predicted molar refractivity (Wildman–Crippen MR) is 98.4 cm³/mol. The summed E-state index contributed by atoms with van der Waals surface area (Å²) in [5, 5.41) is 0. The van der Waals surface area contributed by atoms with E-state index in [0.717, 1.165) is 38.5 Å². The molecule has 0 fully saturated rings. The molecule has 148 valence electrons. The van der Waals surface area contributed by atoms with E-state index in [-0.39, 0.29) is 6.42 Å². The fraction of sp³-hybridized carbons (Fsp3) is 0.833. The Bertz CT molecular complexity index is 458. The molecule has 0 aromatic rings. The molecule has 0 saturated heterocycles. The van der Waals surface area contributed by atoms with Crippen molar-refractivity contribution >= 4 is 16.4 Å². The Morgan fingerprint density at radius 3 is 2.12 bits per heavy atom. The third kappa shape index (κ3) is 16.3. The molecule has 0 spiro atoms. The molecule has 0 aliphatic rings. The average molecular weight is 379 g/mol. The van der Waals surface area contributed by atoms with Crippen molar-refractivity contribution in [3.05, 3.63) is 12.3 Å². The Balaban J connectivity index is 4.12. The van der Waals surface area contributed by atoms with Crippen LogP contribution in [0.2, 0.25) is 0 Å². The molecule has 25 heavy (non-hydrogen) atoms. The monoisotopic (exact) mass is 378 g/mol. The molecule has 0 aliphatic carbocycles. The van der Waals surface area contributed by atoms with Gasteiger partial charge in [0.05, 0.1) is 6.26 Å². The Morgan fingerprint density at radius 2 is 1.52 bits per heavy atom. The summed E-state index contributed by atoms with van der Waals surface area (Å²) in [6.45, 7) is 4.23. The lowest BCUT2D eigenvalue weighted by molar-refractivity contribution is -0.146. The molecular formula is C18H34O6S. The number of carbonyl (C=O) groups is 1. The van der Waals surface area contributed by atoms with Gasteiger partial charge in [0, 0.05) is 0 Å². The number of hydrogen-bond acceptors (Lipinski definition) is 5. The number of unbranched alkanes of at least 4 members (excludes halogenated alkanes) is 9. The molecule has 0 aliphatic heterocycles. The van der Waals surface area contributed by atoms with Crippen molar-refractivity contribution in [2.24, 2.45) is 0 Å². The number of carbonyl (C=O) groups excluding carboxylic acids is 1. The van der Waals surface area contributed by atoms with E-state index in [0.29, 0.717) is 6.42 Å². The molecule has 0 aromatic heterocycles. The van der Waals surface area contributed by atoms with Crippen molar-refractivity contribution in [1.29, 1.82) is 0 Å². The molecule has 0 heterocycles. The maximum absolute atomic E-state index is 11.9. The summed E-state index contributed by atoms with van der Waals surface area (Å²) < 4.78 is 39.9. The molecule has 0 saturated carbocycles. The number of esters is 1. The van der Waals surface area contributed by atoms with E-state index in [4.69, 9.17) is 9.29 Å². The predicted octanol–water partition coefficient (Wildman–Crippen LogP) is 4.95. The Kier molecular flexibility index (Phi) is 14.8. The molecule has 1 unspecified atom stereocenters. The second-order valence-corrected chi connectivity index (χ2v) is 7.27. The maximum Gasteiger partial charge on any atom is 0.398 e. The lowest BCUT2D eigenvalue weighted by atomic mass is 10.1. The van der Waals surface area contributed by atoms with E-state index in [1.54, 1.807) is 6.08 Å². The molecule has 1 N–H and O–H groups in total. The average Bonchev–Trinajstić information content (AvgIpc) is 2.55. The van der Waals surface area contributed by atoms with Gasteiger partial charge in [-0.3, -0.25) is 4.55 Å². The first-order valence-corrected chi connectivity index (χ1v) is 10.8. The number of ether oxygens (including phenoxy) is 1.